The monoisotopic (exact) mass is 373 g/mol. The van der Waals surface area contributed by atoms with Gasteiger partial charge in [0.1, 0.15) is 16.2 Å². The first-order valence-electron chi connectivity index (χ1n) is 6.68. The summed E-state index contributed by atoms with van der Waals surface area (Å²) in [6.07, 6.45) is 1.30. The van der Waals surface area contributed by atoms with Crippen molar-refractivity contribution in [3.63, 3.8) is 0 Å². The number of aliphatic carboxylic acids is 1. The van der Waals surface area contributed by atoms with Crippen LogP contribution in [0.25, 0.3) is 6.08 Å². The molecule has 0 bridgehead atoms. The van der Waals surface area contributed by atoms with E-state index >= 15 is 0 Å². The van der Waals surface area contributed by atoms with Crippen LogP contribution in [-0.4, -0.2) is 32.2 Å². The summed E-state index contributed by atoms with van der Waals surface area (Å²) in [6, 6.07) is 3.13. The van der Waals surface area contributed by atoms with Crippen molar-refractivity contribution in [2.75, 3.05) is 0 Å². The third kappa shape index (κ3) is 3.57. The van der Waals surface area contributed by atoms with Crippen molar-refractivity contribution in [1.29, 1.82) is 0 Å². The van der Waals surface area contributed by atoms with E-state index < -0.39 is 23.7 Å². The molecular formula is C15H13ClFNO3S2. The van der Waals surface area contributed by atoms with Gasteiger partial charge in [0, 0.05) is 5.56 Å². The van der Waals surface area contributed by atoms with Crippen molar-refractivity contribution in [3.05, 3.63) is 39.5 Å². The largest absolute Gasteiger partial charge is 0.480 e. The molecule has 1 aliphatic heterocycles. The second-order valence-electron chi connectivity index (χ2n) is 5.21. The van der Waals surface area contributed by atoms with Crippen molar-refractivity contribution in [3.8, 4) is 0 Å². The first-order chi connectivity index (χ1) is 10.7. The van der Waals surface area contributed by atoms with Crippen LogP contribution in [0.1, 0.15) is 19.4 Å². The average Bonchev–Trinajstić information content (AvgIpc) is 2.70. The van der Waals surface area contributed by atoms with E-state index in [0.717, 1.165) is 16.7 Å². The number of carbonyl (C=O) groups is 2. The fraction of sp³-hybridized carbons (Fsp3) is 0.267. The zero-order valence-corrected chi connectivity index (χ0v) is 14.6. The van der Waals surface area contributed by atoms with Crippen LogP contribution in [0.3, 0.4) is 0 Å². The van der Waals surface area contributed by atoms with Gasteiger partial charge in [0.25, 0.3) is 5.91 Å². The summed E-state index contributed by atoms with van der Waals surface area (Å²) in [5.41, 5.74) is 0.0751. The van der Waals surface area contributed by atoms with Crippen molar-refractivity contribution < 1.29 is 19.1 Å². The molecule has 0 spiro atoms. The zero-order valence-electron chi connectivity index (χ0n) is 12.2. The van der Waals surface area contributed by atoms with Crippen molar-refractivity contribution in [2.45, 2.75) is 19.9 Å². The minimum atomic E-state index is -1.14. The molecule has 122 valence electrons. The van der Waals surface area contributed by atoms with Crippen LogP contribution >= 0.6 is 35.6 Å². The lowest BCUT2D eigenvalue weighted by Gasteiger charge is -2.26. The Morgan fingerprint density at radius 3 is 2.65 bits per heavy atom. The van der Waals surface area contributed by atoms with Gasteiger partial charge in [-0.15, -0.1) is 0 Å². The van der Waals surface area contributed by atoms with E-state index in [9.17, 15) is 19.1 Å². The Labute approximate surface area is 147 Å². The number of hydrogen-bond donors (Lipinski definition) is 1. The van der Waals surface area contributed by atoms with E-state index in [1.54, 1.807) is 13.8 Å². The van der Waals surface area contributed by atoms with Gasteiger partial charge < -0.3 is 5.11 Å². The molecule has 1 saturated heterocycles. The second kappa shape index (κ2) is 6.98. The van der Waals surface area contributed by atoms with Gasteiger partial charge in [-0.2, -0.15) is 0 Å². The van der Waals surface area contributed by atoms with E-state index in [1.165, 1.54) is 24.3 Å². The van der Waals surface area contributed by atoms with E-state index in [4.69, 9.17) is 23.8 Å². The Morgan fingerprint density at radius 1 is 1.48 bits per heavy atom. The standard InChI is InChI=1S/C15H13ClFNO3S2/c1-7(2)12(14(20)21)18-13(19)11(23-15(18)22)6-8-9(16)4-3-5-10(8)17/h3-7,12H,1-2H3,(H,20,21). The Morgan fingerprint density at radius 2 is 2.13 bits per heavy atom. The molecule has 1 amide bonds. The number of benzene rings is 1. The normalized spacial score (nSPS) is 18.1. The van der Waals surface area contributed by atoms with Crippen molar-refractivity contribution >= 4 is 57.9 Å². The Kier molecular flexibility index (Phi) is 5.44. The maximum Gasteiger partial charge on any atom is 0.327 e. The molecule has 1 aliphatic rings. The Bertz CT molecular complexity index is 700. The van der Waals surface area contributed by atoms with Crippen LogP contribution in [0.5, 0.6) is 0 Å². The SMILES string of the molecule is CC(C)C(C(=O)O)N1C(=O)C(=Cc2c(F)cccc2Cl)SC1=S. The van der Waals surface area contributed by atoms with Crippen LogP contribution < -0.4 is 0 Å². The quantitative estimate of drug-likeness (QED) is 0.642. The van der Waals surface area contributed by atoms with Gasteiger partial charge in [-0.3, -0.25) is 9.69 Å². The van der Waals surface area contributed by atoms with E-state index in [2.05, 4.69) is 0 Å². The van der Waals surface area contributed by atoms with Gasteiger partial charge in [-0.1, -0.05) is 55.5 Å². The molecule has 1 aromatic rings. The number of rotatable bonds is 4. The number of carboxylic acid groups (broad SMARTS) is 1. The molecule has 1 aromatic carbocycles. The number of amides is 1. The Balaban J connectivity index is 2.42. The molecule has 0 radical (unpaired) electrons. The van der Waals surface area contributed by atoms with E-state index in [0.29, 0.717) is 0 Å². The van der Waals surface area contributed by atoms with E-state index in [-0.39, 0.29) is 25.7 Å². The van der Waals surface area contributed by atoms with Crippen LogP contribution in [0, 0.1) is 11.7 Å². The molecule has 2 rings (SSSR count). The van der Waals surface area contributed by atoms with Gasteiger partial charge >= 0.3 is 5.97 Å². The van der Waals surface area contributed by atoms with Crippen LogP contribution in [-0.2, 0) is 9.59 Å². The topological polar surface area (TPSA) is 57.6 Å². The van der Waals surface area contributed by atoms with Crippen molar-refractivity contribution in [2.24, 2.45) is 5.92 Å². The van der Waals surface area contributed by atoms with Crippen molar-refractivity contribution in [1.82, 2.24) is 4.90 Å². The van der Waals surface area contributed by atoms with Gasteiger partial charge in [-0.05, 0) is 24.1 Å². The summed E-state index contributed by atoms with van der Waals surface area (Å²) >= 11 is 12.0. The maximum atomic E-state index is 13.9. The molecule has 1 heterocycles. The highest BCUT2D eigenvalue weighted by atomic mass is 35.5. The number of thioether (sulfide) groups is 1. The summed E-state index contributed by atoms with van der Waals surface area (Å²) in [7, 11) is 0. The summed E-state index contributed by atoms with van der Waals surface area (Å²) in [4.78, 5) is 25.2. The van der Waals surface area contributed by atoms with Crippen LogP contribution in [0.2, 0.25) is 5.02 Å². The highest BCUT2D eigenvalue weighted by Gasteiger charge is 2.42. The maximum absolute atomic E-state index is 13.9. The highest BCUT2D eigenvalue weighted by molar-refractivity contribution is 8.26. The summed E-state index contributed by atoms with van der Waals surface area (Å²) in [6.45, 7) is 3.38. The summed E-state index contributed by atoms with van der Waals surface area (Å²) < 4.78 is 14.0. The molecule has 0 aromatic heterocycles. The molecular weight excluding hydrogens is 361 g/mol. The first-order valence-corrected chi connectivity index (χ1v) is 8.28. The predicted octanol–water partition coefficient (Wildman–Crippen LogP) is 3.79. The van der Waals surface area contributed by atoms with Gasteiger partial charge in [0.05, 0.1) is 9.93 Å². The minimum Gasteiger partial charge on any atom is -0.480 e. The van der Waals surface area contributed by atoms with Crippen LogP contribution in [0.15, 0.2) is 23.1 Å². The molecule has 1 atom stereocenters. The fourth-order valence-corrected chi connectivity index (χ4v) is 3.72. The lowest BCUT2D eigenvalue weighted by molar-refractivity contribution is -0.146. The highest BCUT2D eigenvalue weighted by Crippen LogP contribution is 2.36. The lowest BCUT2D eigenvalue weighted by atomic mass is 10.0. The molecule has 1 N–H and O–H groups in total. The predicted molar refractivity (Wildman–Crippen MR) is 92.7 cm³/mol. The molecule has 0 aliphatic carbocycles. The summed E-state index contributed by atoms with van der Waals surface area (Å²) in [5, 5.41) is 9.50. The van der Waals surface area contributed by atoms with Gasteiger partial charge in [0.2, 0.25) is 0 Å². The smallest absolute Gasteiger partial charge is 0.327 e. The molecule has 8 heteroatoms. The molecule has 0 saturated carbocycles. The zero-order chi connectivity index (χ0) is 17.3. The average molecular weight is 374 g/mol. The third-order valence-corrected chi connectivity index (χ3v) is 4.92. The van der Waals surface area contributed by atoms with Crippen LogP contribution in [0.4, 0.5) is 4.39 Å². The van der Waals surface area contributed by atoms with E-state index in [1.807, 2.05) is 0 Å². The molecule has 1 unspecified atom stereocenters. The fourth-order valence-electron chi connectivity index (χ4n) is 2.19. The number of nitrogens with zero attached hydrogens (tertiary/aromatic N) is 1. The molecule has 1 fully saturated rings. The number of carboxylic acids is 1. The van der Waals surface area contributed by atoms with Gasteiger partial charge in [-0.25, -0.2) is 9.18 Å². The first kappa shape index (κ1) is 17.9. The lowest BCUT2D eigenvalue weighted by Crippen LogP contribution is -2.47. The Hall–Kier alpha value is -1.44. The number of carbonyl (C=O) groups excluding carboxylic acids is 1. The second-order valence-corrected chi connectivity index (χ2v) is 7.30. The number of hydrogen-bond acceptors (Lipinski definition) is 4. The van der Waals surface area contributed by atoms with Gasteiger partial charge in [0.15, 0.2) is 0 Å². The molecule has 23 heavy (non-hydrogen) atoms. The summed E-state index contributed by atoms with van der Waals surface area (Å²) in [5.74, 6) is -2.59. The number of thiocarbonyl (C=S) groups is 1. The number of halogens is 2. The minimum absolute atomic E-state index is 0.0751. The molecule has 4 nitrogen and oxygen atoms in total. The third-order valence-electron chi connectivity index (χ3n) is 3.26.